The number of hydrogen-bond donors (Lipinski definition) is 0. The summed E-state index contributed by atoms with van der Waals surface area (Å²) >= 11 is 0. The van der Waals surface area contributed by atoms with Crippen LogP contribution in [0.5, 0.6) is 0 Å². The van der Waals surface area contributed by atoms with E-state index >= 15 is 0 Å². The van der Waals surface area contributed by atoms with Gasteiger partial charge < -0.3 is 0 Å². The monoisotopic (exact) mass is 274 g/mol. The number of rotatable bonds is 3. The van der Waals surface area contributed by atoms with Gasteiger partial charge in [0.2, 0.25) is 0 Å². The second-order valence-corrected chi connectivity index (χ2v) is 5.99. The first-order valence-electron chi connectivity index (χ1n) is 7.88. The van der Waals surface area contributed by atoms with Crippen LogP contribution in [-0.2, 0) is 6.42 Å². The van der Waals surface area contributed by atoms with Crippen molar-refractivity contribution in [1.29, 1.82) is 0 Å². The fourth-order valence-corrected chi connectivity index (χ4v) is 3.15. The molecule has 0 unspecified atom stereocenters. The fourth-order valence-electron chi connectivity index (χ4n) is 3.15. The molecule has 0 bridgehead atoms. The third-order valence-corrected chi connectivity index (χ3v) is 4.06. The van der Waals surface area contributed by atoms with Crippen molar-refractivity contribution in [1.82, 2.24) is 0 Å². The molecule has 0 atom stereocenters. The van der Waals surface area contributed by atoms with Gasteiger partial charge in [-0.2, -0.15) is 0 Å². The molecule has 0 amide bonds. The van der Waals surface area contributed by atoms with Gasteiger partial charge in [0.05, 0.1) is 0 Å². The lowest BCUT2D eigenvalue weighted by atomic mass is 9.95. The molecule has 0 aliphatic heterocycles. The normalized spacial score (nSPS) is 11.9. The van der Waals surface area contributed by atoms with Crippen molar-refractivity contribution in [3.8, 4) is 11.1 Å². The highest BCUT2D eigenvalue weighted by molar-refractivity contribution is 6.02. The molecule has 0 fully saturated rings. The number of unbranched alkanes of at least 4 members (excludes halogenated alkanes) is 1. The molecule has 0 saturated heterocycles. The Bertz CT molecular complexity index is 736. The van der Waals surface area contributed by atoms with Gasteiger partial charge in [-0.25, -0.2) is 0 Å². The van der Waals surface area contributed by atoms with Crippen molar-refractivity contribution in [3.05, 3.63) is 70.5 Å². The minimum absolute atomic E-state index is 1.15. The summed E-state index contributed by atoms with van der Waals surface area (Å²) in [6.07, 6.45) is 3.63. The smallest absolute Gasteiger partial charge is 0.0324 e. The van der Waals surface area contributed by atoms with Crippen LogP contribution in [0.15, 0.2) is 53.8 Å². The predicted molar refractivity (Wildman–Crippen MR) is 91.4 cm³/mol. The van der Waals surface area contributed by atoms with Crippen LogP contribution >= 0.6 is 0 Å². The Kier molecular flexibility index (Phi) is 3.82. The molecule has 0 heterocycles. The largest absolute Gasteiger partial charge is 0.113 e. The van der Waals surface area contributed by atoms with Crippen molar-refractivity contribution in [2.45, 2.75) is 40.0 Å². The van der Waals surface area contributed by atoms with Gasteiger partial charge >= 0.3 is 0 Å². The van der Waals surface area contributed by atoms with E-state index in [1.807, 2.05) is 0 Å². The highest BCUT2D eigenvalue weighted by atomic mass is 14.3. The van der Waals surface area contributed by atoms with Crippen molar-refractivity contribution >= 4 is 5.57 Å². The van der Waals surface area contributed by atoms with Gasteiger partial charge in [-0.3, -0.25) is 0 Å². The number of benzene rings is 2. The van der Waals surface area contributed by atoms with Crippen molar-refractivity contribution in [3.63, 3.8) is 0 Å². The van der Waals surface area contributed by atoms with E-state index < -0.39 is 0 Å². The SMILES string of the molecule is CCCCc1cccc2c1C(=C=C(C)C)c1ccccc1-2. The zero-order chi connectivity index (χ0) is 14.8. The van der Waals surface area contributed by atoms with E-state index in [1.54, 1.807) is 0 Å². The Hall–Kier alpha value is -2.04. The lowest BCUT2D eigenvalue weighted by Gasteiger charge is -2.09. The highest BCUT2D eigenvalue weighted by Gasteiger charge is 2.25. The predicted octanol–water partition coefficient (Wildman–Crippen LogP) is 6.01. The summed E-state index contributed by atoms with van der Waals surface area (Å²) < 4.78 is 0. The van der Waals surface area contributed by atoms with Crippen LogP contribution in [0.4, 0.5) is 0 Å². The number of fused-ring (bicyclic) bond motifs is 3. The molecule has 0 heteroatoms. The topological polar surface area (TPSA) is 0 Å². The molecule has 0 saturated carbocycles. The Morgan fingerprint density at radius 1 is 0.905 bits per heavy atom. The van der Waals surface area contributed by atoms with E-state index in [1.165, 1.54) is 51.8 Å². The number of hydrogen-bond acceptors (Lipinski definition) is 0. The van der Waals surface area contributed by atoms with Gasteiger partial charge in [-0.15, -0.1) is 5.73 Å². The summed E-state index contributed by atoms with van der Waals surface area (Å²) in [4.78, 5) is 0. The van der Waals surface area contributed by atoms with Crippen LogP contribution in [0, 0.1) is 0 Å². The van der Waals surface area contributed by atoms with Crippen LogP contribution in [0.3, 0.4) is 0 Å². The van der Waals surface area contributed by atoms with Gasteiger partial charge in [-0.05, 0) is 54.5 Å². The van der Waals surface area contributed by atoms with Crippen LogP contribution in [0.25, 0.3) is 16.7 Å². The molecular weight excluding hydrogens is 252 g/mol. The minimum atomic E-state index is 1.15. The first-order valence-corrected chi connectivity index (χ1v) is 7.88. The van der Waals surface area contributed by atoms with Gasteiger partial charge in [0.1, 0.15) is 0 Å². The summed E-state index contributed by atoms with van der Waals surface area (Å²) in [6, 6.07) is 15.5. The average molecular weight is 274 g/mol. The van der Waals surface area contributed by atoms with E-state index in [2.05, 4.69) is 69.0 Å². The van der Waals surface area contributed by atoms with E-state index in [0.29, 0.717) is 0 Å². The second kappa shape index (κ2) is 5.76. The Labute approximate surface area is 127 Å². The summed E-state index contributed by atoms with van der Waals surface area (Å²) in [5.41, 5.74) is 13.1. The van der Waals surface area contributed by atoms with Crippen molar-refractivity contribution < 1.29 is 0 Å². The van der Waals surface area contributed by atoms with Gasteiger partial charge in [-0.1, -0.05) is 55.8 Å². The summed E-state index contributed by atoms with van der Waals surface area (Å²) in [7, 11) is 0. The lowest BCUT2D eigenvalue weighted by molar-refractivity contribution is 0.794. The summed E-state index contributed by atoms with van der Waals surface area (Å²) in [5.74, 6) is 0. The first-order chi connectivity index (χ1) is 10.2. The second-order valence-electron chi connectivity index (χ2n) is 5.99. The molecule has 0 N–H and O–H groups in total. The zero-order valence-corrected chi connectivity index (χ0v) is 13.2. The molecule has 1 aliphatic rings. The molecule has 1 aliphatic carbocycles. The van der Waals surface area contributed by atoms with Crippen LogP contribution < -0.4 is 0 Å². The first kappa shape index (κ1) is 13.9. The summed E-state index contributed by atoms with van der Waals surface area (Å²) in [6.45, 7) is 6.51. The van der Waals surface area contributed by atoms with Crippen LogP contribution in [-0.4, -0.2) is 0 Å². The third kappa shape index (κ3) is 2.48. The Morgan fingerprint density at radius 3 is 2.33 bits per heavy atom. The van der Waals surface area contributed by atoms with Crippen molar-refractivity contribution in [2.75, 3.05) is 0 Å². The molecular formula is C21H22. The third-order valence-electron chi connectivity index (χ3n) is 4.06. The van der Waals surface area contributed by atoms with Crippen molar-refractivity contribution in [2.24, 2.45) is 0 Å². The molecule has 3 rings (SSSR count). The standard InChI is InChI=1S/C21H22/c1-4-5-9-16-10-8-13-19-17-11-6-7-12-18(17)20(21(16)19)14-15(2)3/h6-8,10-13H,4-5,9H2,1-3H3. The maximum Gasteiger partial charge on any atom is 0.0324 e. The van der Waals surface area contributed by atoms with Crippen LogP contribution in [0.2, 0.25) is 0 Å². The molecule has 106 valence electrons. The highest BCUT2D eigenvalue weighted by Crippen LogP contribution is 2.45. The molecule has 2 aromatic rings. The van der Waals surface area contributed by atoms with E-state index in [0.717, 1.165) is 6.42 Å². The van der Waals surface area contributed by atoms with Crippen LogP contribution in [0.1, 0.15) is 50.3 Å². The molecule has 2 aromatic carbocycles. The minimum Gasteiger partial charge on any atom is -0.113 e. The van der Waals surface area contributed by atoms with E-state index in [-0.39, 0.29) is 0 Å². The number of aryl methyl sites for hydroxylation is 1. The van der Waals surface area contributed by atoms with Gasteiger partial charge in [0.25, 0.3) is 0 Å². The quantitative estimate of drug-likeness (QED) is 0.513. The Balaban J connectivity index is 2.29. The maximum atomic E-state index is 3.60. The van der Waals surface area contributed by atoms with Gasteiger partial charge in [0, 0.05) is 11.1 Å². The zero-order valence-electron chi connectivity index (χ0n) is 13.2. The molecule has 0 nitrogen and oxygen atoms in total. The lowest BCUT2D eigenvalue weighted by Crippen LogP contribution is -1.92. The maximum absolute atomic E-state index is 3.60. The number of allylic oxidation sites excluding steroid dienone is 1. The Morgan fingerprint density at radius 2 is 1.62 bits per heavy atom. The molecule has 21 heavy (non-hydrogen) atoms. The summed E-state index contributed by atoms with van der Waals surface area (Å²) in [5, 5.41) is 0. The molecule has 0 radical (unpaired) electrons. The average Bonchev–Trinajstić information content (AvgIpc) is 2.80. The van der Waals surface area contributed by atoms with E-state index in [4.69, 9.17) is 0 Å². The van der Waals surface area contributed by atoms with E-state index in [9.17, 15) is 0 Å². The van der Waals surface area contributed by atoms with Gasteiger partial charge in [0.15, 0.2) is 0 Å². The molecule has 0 spiro atoms. The fraction of sp³-hybridized carbons (Fsp3) is 0.286. The molecule has 0 aromatic heterocycles.